The number of hydrogen-bond acceptors (Lipinski definition) is 5. The fraction of sp³-hybridized carbons (Fsp3) is 0.269. The third-order valence-corrected chi connectivity index (χ3v) is 6.69. The molecule has 0 bridgehead atoms. The average Bonchev–Trinajstić information content (AvgIpc) is 3.47. The standard InChI is InChI=1S/C26H26FN5O3/c1-31(2)16-8-9-32(13-16)26(34)15-4-6-17-21(11-15)30-24-18(25(28)33)12-20(29-23(17)24)14-5-7-22(35-3)19(27)10-14/h4-7,10-12,16,30H,8-9,13H2,1-3H3,(H2,28,33). The van der Waals surface area contributed by atoms with Gasteiger partial charge in [0.1, 0.15) is 0 Å². The van der Waals surface area contributed by atoms with E-state index in [9.17, 15) is 14.0 Å². The van der Waals surface area contributed by atoms with E-state index in [4.69, 9.17) is 15.5 Å². The molecule has 3 heterocycles. The van der Waals surface area contributed by atoms with Gasteiger partial charge >= 0.3 is 0 Å². The summed E-state index contributed by atoms with van der Waals surface area (Å²) in [7, 11) is 5.43. The van der Waals surface area contributed by atoms with Crippen molar-refractivity contribution in [3.05, 3.63) is 59.4 Å². The largest absolute Gasteiger partial charge is 0.494 e. The Hall–Kier alpha value is -3.98. The van der Waals surface area contributed by atoms with Gasteiger partial charge in [0.05, 0.1) is 29.4 Å². The smallest absolute Gasteiger partial charge is 0.253 e. The van der Waals surface area contributed by atoms with Gasteiger partial charge in [-0.3, -0.25) is 9.59 Å². The number of halogens is 1. The van der Waals surface area contributed by atoms with E-state index in [1.807, 2.05) is 25.1 Å². The minimum Gasteiger partial charge on any atom is -0.494 e. The first-order valence-electron chi connectivity index (χ1n) is 11.3. The Balaban J connectivity index is 1.58. The molecule has 1 aliphatic heterocycles. The van der Waals surface area contributed by atoms with Crippen molar-refractivity contribution in [2.75, 3.05) is 34.3 Å². The number of amides is 2. The van der Waals surface area contributed by atoms with Crippen molar-refractivity contribution < 1.29 is 18.7 Å². The average molecular weight is 476 g/mol. The van der Waals surface area contributed by atoms with Crippen LogP contribution in [0, 0.1) is 5.82 Å². The molecule has 2 aromatic carbocycles. The molecule has 2 amide bonds. The van der Waals surface area contributed by atoms with Crippen LogP contribution in [-0.2, 0) is 0 Å². The number of methoxy groups -OCH3 is 1. The number of carbonyl (C=O) groups is 2. The van der Waals surface area contributed by atoms with E-state index in [2.05, 4.69) is 9.88 Å². The van der Waals surface area contributed by atoms with E-state index in [1.165, 1.54) is 19.2 Å². The first-order chi connectivity index (χ1) is 16.8. The highest BCUT2D eigenvalue weighted by molar-refractivity contribution is 6.14. The van der Waals surface area contributed by atoms with Gasteiger partial charge in [0, 0.05) is 41.2 Å². The Kier molecular flexibility index (Phi) is 5.64. The monoisotopic (exact) mass is 475 g/mol. The van der Waals surface area contributed by atoms with Gasteiger partial charge in [-0.15, -0.1) is 0 Å². The quantitative estimate of drug-likeness (QED) is 0.460. The molecule has 35 heavy (non-hydrogen) atoms. The summed E-state index contributed by atoms with van der Waals surface area (Å²) in [5, 5.41) is 0.738. The van der Waals surface area contributed by atoms with E-state index in [0.717, 1.165) is 11.8 Å². The maximum Gasteiger partial charge on any atom is 0.253 e. The van der Waals surface area contributed by atoms with Crippen LogP contribution < -0.4 is 10.5 Å². The van der Waals surface area contributed by atoms with Crippen LogP contribution >= 0.6 is 0 Å². The van der Waals surface area contributed by atoms with Crippen LogP contribution in [0.4, 0.5) is 4.39 Å². The lowest BCUT2D eigenvalue weighted by molar-refractivity contribution is 0.0783. The SMILES string of the molecule is COc1ccc(-c2cc(C(N)=O)c3[nH]c4cc(C(=O)N5CCC(N(C)C)C5)ccc4c3n2)cc1F. The third-order valence-electron chi connectivity index (χ3n) is 6.69. The number of hydrogen-bond donors (Lipinski definition) is 2. The zero-order chi connectivity index (χ0) is 24.9. The van der Waals surface area contributed by atoms with E-state index in [1.54, 1.807) is 24.3 Å². The molecule has 1 atom stereocenters. The number of aromatic amines is 1. The van der Waals surface area contributed by atoms with Gasteiger partial charge in [-0.1, -0.05) is 0 Å². The molecule has 0 aliphatic carbocycles. The molecule has 1 aliphatic rings. The van der Waals surface area contributed by atoms with Crippen molar-refractivity contribution in [1.82, 2.24) is 19.8 Å². The number of nitrogens with zero attached hydrogens (tertiary/aromatic N) is 3. The molecule has 5 rings (SSSR count). The molecule has 1 unspecified atom stereocenters. The van der Waals surface area contributed by atoms with Gasteiger partial charge in [0.15, 0.2) is 11.6 Å². The number of nitrogens with one attached hydrogen (secondary N) is 1. The van der Waals surface area contributed by atoms with E-state index in [0.29, 0.717) is 52.5 Å². The van der Waals surface area contributed by atoms with Gasteiger partial charge in [0.25, 0.3) is 11.8 Å². The lowest BCUT2D eigenvalue weighted by Gasteiger charge is -2.20. The second kappa shape index (κ2) is 8.66. The number of ether oxygens (including phenoxy) is 1. The molecule has 0 radical (unpaired) electrons. The Morgan fingerprint density at radius 2 is 2.00 bits per heavy atom. The molecule has 1 fully saturated rings. The molecular formula is C26H26FN5O3. The van der Waals surface area contributed by atoms with Crippen molar-refractivity contribution in [2.45, 2.75) is 12.5 Å². The number of pyridine rings is 1. The number of H-pyrrole nitrogens is 1. The molecular weight excluding hydrogens is 449 g/mol. The lowest BCUT2D eigenvalue weighted by atomic mass is 10.1. The fourth-order valence-corrected chi connectivity index (χ4v) is 4.69. The van der Waals surface area contributed by atoms with Gasteiger partial charge < -0.3 is 25.3 Å². The van der Waals surface area contributed by atoms with Crippen LogP contribution in [-0.4, -0.2) is 71.9 Å². The number of benzene rings is 2. The van der Waals surface area contributed by atoms with Crippen molar-refractivity contribution in [2.24, 2.45) is 5.73 Å². The number of primary amides is 1. The van der Waals surface area contributed by atoms with Crippen molar-refractivity contribution >= 4 is 33.8 Å². The maximum absolute atomic E-state index is 14.3. The second-order valence-electron chi connectivity index (χ2n) is 9.03. The number of carbonyl (C=O) groups excluding carboxylic acids is 2. The highest BCUT2D eigenvalue weighted by atomic mass is 19.1. The van der Waals surface area contributed by atoms with Crippen LogP contribution in [0.2, 0.25) is 0 Å². The highest BCUT2D eigenvalue weighted by Crippen LogP contribution is 2.32. The van der Waals surface area contributed by atoms with Gasteiger partial charge in [0.2, 0.25) is 0 Å². The van der Waals surface area contributed by atoms with E-state index in [-0.39, 0.29) is 17.2 Å². The number of nitrogens with two attached hydrogens (primary N) is 1. The van der Waals surface area contributed by atoms with Gasteiger partial charge in [-0.25, -0.2) is 9.37 Å². The van der Waals surface area contributed by atoms with Crippen LogP contribution in [0.3, 0.4) is 0 Å². The van der Waals surface area contributed by atoms with Crippen molar-refractivity contribution in [1.29, 1.82) is 0 Å². The maximum atomic E-state index is 14.3. The first-order valence-corrected chi connectivity index (χ1v) is 11.3. The molecule has 0 saturated carbocycles. The molecule has 4 aromatic rings. The summed E-state index contributed by atoms with van der Waals surface area (Å²) in [6.07, 6.45) is 0.938. The van der Waals surface area contributed by atoms with Crippen molar-refractivity contribution in [3.63, 3.8) is 0 Å². The number of aromatic nitrogens is 2. The molecule has 3 N–H and O–H groups in total. The topological polar surface area (TPSA) is 105 Å². The Bertz CT molecular complexity index is 1480. The molecule has 180 valence electrons. The lowest BCUT2D eigenvalue weighted by Crippen LogP contribution is -2.34. The van der Waals surface area contributed by atoms with Crippen molar-refractivity contribution in [3.8, 4) is 17.0 Å². The zero-order valence-corrected chi connectivity index (χ0v) is 19.8. The van der Waals surface area contributed by atoms with Gasteiger partial charge in [-0.05, 0) is 63.0 Å². The minimum atomic E-state index is -0.637. The highest BCUT2D eigenvalue weighted by Gasteiger charge is 2.28. The molecule has 1 saturated heterocycles. The minimum absolute atomic E-state index is 0.0348. The fourth-order valence-electron chi connectivity index (χ4n) is 4.69. The van der Waals surface area contributed by atoms with Crippen LogP contribution in [0.5, 0.6) is 5.75 Å². The Labute approximate surface area is 201 Å². The number of rotatable bonds is 5. The Morgan fingerprint density at radius 1 is 1.20 bits per heavy atom. The summed E-state index contributed by atoms with van der Waals surface area (Å²) >= 11 is 0. The third kappa shape index (κ3) is 3.97. The number of likely N-dealkylation sites (tertiary alicyclic amines) is 1. The van der Waals surface area contributed by atoms with Crippen LogP contribution in [0.15, 0.2) is 42.5 Å². The normalized spacial score (nSPS) is 15.9. The number of likely N-dealkylation sites (N-methyl/N-ethyl adjacent to an activating group) is 1. The second-order valence-corrected chi connectivity index (χ2v) is 9.03. The summed E-state index contributed by atoms with van der Waals surface area (Å²) in [6, 6.07) is 11.7. The zero-order valence-electron chi connectivity index (χ0n) is 19.8. The Morgan fingerprint density at radius 3 is 2.66 bits per heavy atom. The molecule has 2 aromatic heterocycles. The van der Waals surface area contributed by atoms with Gasteiger partial charge in [-0.2, -0.15) is 0 Å². The summed E-state index contributed by atoms with van der Waals surface area (Å²) < 4.78 is 19.3. The molecule has 9 heteroatoms. The first kappa shape index (κ1) is 22.8. The predicted molar refractivity (Wildman–Crippen MR) is 132 cm³/mol. The van der Waals surface area contributed by atoms with E-state index >= 15 is 0 Å². The summed E-state index contributed by atoms with van der Waals surface area (Å²) in [5.41, 5.74) is 9.02. The summed E-state index contributed by atoms with van der Waals surface area (Å²) in [4.78, 5) is 37.3. The summed E-state index contributed by atoms with van der Waals surface area (Å²) in [5.74, 6) is -1.09. The molecule has 8 nitrogen and oxygen atoms in total. The molecule has 0 spiro atoms. The van der Waals surface area contributed by atoms with Crippen LogP contribution in [0.25, 0.3) is 33.2 Å². The predicted octanol–water partition coefficient (Wildman–Crippen LogP) is 3.41. The summed E-state index contributed by atoms with van der Waals surface area (Å²) in [6.45, 7) is 1.40. The van der Waals surface area contributed by atoms with E-state index < -0.39 is 11.7 Å². The van der Waals surface area contributed by atoms with Crippen LogP contribution in [0.1, 0.15) is 27.1 Å². The number of fused-ring (bicyclic) bond motifs is 3.